The molecule has 8 heteroatoms. The highest BCUT2D eigenvalue weighted by atomic mass is 32.2. The molecule has 0 atom stereocenters. The number of H-pyrrole nitrogens is 1. The molecular formula is C13H13F3N2O2S. The van der Waals surface area contributed by atoms with Crippen molar-refractivity contribution in [2.24, 2.45) is 0 Å². The maximum Gasteiger partial charge on any atom is 0.416 e. The van der Waals surface area contributed by atoms with E-state index in [4.69, 9.17) is 0 Å². The predicted molar refractivity (Wildman–Crippen MR) is 71.0 cm³/mol. The zero-order valence-electron chi connectivity index (χ0n) is 11.0. The van der Waals surface area contributed by atoms with Crippen LogP contribution >= 0.6 is 0 Å². The van der Waals surface area contributed by atoms with Crippen molar-refractivity contribution in [2.45, 2.75) is 24.5 Å². The molecule has 0 saturated carbocycles. The molecule has 0 aliphatic rings. The van der Waals surface area contributed by atoms with Gasteiger partial charge in [0.05, 0.1) is 10.5 Å². The molecule has 2 rings (SSSR count). The van der Waals surface area contributed by atoms with Gasteiger partial charge >= 0.3 is 6.18 Å². The lowest BCUT2D eigenvalue weighted by atomic mass is 10.1. The van der Waals surface area contributed by atoms with Crippen LogP contribution in [0.4, 0.5) is 13.2 Å². The van der Waals surface area contributed by atoms with Gasteiger partial charge in [0.2, 0.25) is 10.0 Å². The van der Waals surface area contributed by atoms with Gasteiger partial charge in [-0.25, -0.2) is 13.1 Å². The van der Waals surface area contributed by atoms with E-state index in [1.807, 2.05) is 0 Å². The number of benzene rings is 1. The summed E-state index contributed by atoms with van der Waals surface area (Å²) in [5.74, 6) is 0. The van der Waals surface area contributed by atoms with Gasteiger partial charge in [-0.2, -0.15) is 13.2 Å². The van der Waals surface area contributed by atoms with E-state index in [-0.39, 0.29) is 17.0 Å². The van der Waals surface area contributed by atoms with Crippen LogP contribution < -0.4 is 4.72 Å². The Kier molecular flexibility index (Phi) is 4.11. The van der Waals surface area contributed by atoms with Crippen LogP contribution in [0.25, 0.3) is 0 Å². The Labute approximate surface area is 120 Å². The van der Waals surface area contributed by atoms with Gasteiger partial charge in [-0.3, -0.25) is 0 Å². The van der Waals surface area contributed by atoms with Gasteiger partial charge < -0.3 is 4.98 Å². The van der Waals surface area contributed by atoms with E-state index in [9.17, 15) is 21.6 Å². The molecule has 0 radical (unpaired) electrons. The SMILES string of the molecule is Cc1c(C(F)(F)F)cccc1S(=O)(=O)NCc1cc[nH]c1. The Morgan fingerprint density at radius 2 is 1.95 bits per heavy atom. The number of hydrogen-bond acceptors (Lipinski definition) is 2. The number of nitrogens with one attached hydrogen (secondary N) is 2. The van der Waals surface area contributed by atoms with E-state index in [1.54, 1.807) is 18.5 Å². The van der Waals surface area contributed by atoms with E-state index >= 15 is 0 Å². The fraction of sp³-hybridized carbons (Fsp3) is 0.231. The standard InChI is InChI=1S/C13H13F3N2O2S/c1-9-11(13(14,15)16)3-2-4-12(9)21(19,20)18-8-10-5-6-17-7-10/h2-7,17-18H,8H2,1H3. The average Bonchev–Trinajstić information content (AvgIpc) is 2.88. The third-order valence-corrected chi connectivity index (χ3v) is 4.55. The summed E-state index contributed by atoms with van der Waals surface area (Å²) in [6.45, 7) is 1.15. The molecule has 1 aromatic heterocycles. The second-order valence-corrected chi connectivity index (χ2v) is 6.21. The lowest BCUT2D eigenvalue weighted by molar-refractivity contribution is -0.138. The molecule has 0 unspecified atom stereocenters. The van der Waals surface area contributed by atoms with Crippen molar-refractivity contribution < 1.29 is 21.6 Å². The Morgan fingerprint density at radius 1 is 1.24 bits per heavy atom. The van der Waals surface area contributed by atoms with Gasteiger partial charge in [0.1, 0.15) is 0 Å². The van der Waals surface area contributed by atoms with Crippen molar-refractivity contribution in [3.63, 3.8) is 0 Å². The summed E-state index contributed by atoms with van der Waals surface area (Å²) in [5, 5.41) is 0. The van der Waals surface area contributed by atoms with Gasteiger partial charge in [0.15, 0.2) is 0 Å². The van der Waals surface area contributed by atoms with Crippen LogP contribution in [0.2, 0.25) is 0 Å². The smallest absolute Gasteiger partial charge is 0.367 e. The maximum atomic E-state index is 12.8. The van der Waals surface area contributed by atoms with E-state index in [0.717, 1.165) is 25.1 Å². The Balaban J connectivity index is 2.32. The van der Waals surface area contributed by atoms with Crippen molar-refractivity contribution >= 4 is 10.0 Å². The summed E-state index contributed by atoms with van der Waals surface area (Å²) in [4.78, 5) is 2.39. The lowest BCUT2D eigenvalue weighted by Crippen LogP contribution is -2.24. The van der Waals surface area contributed by atoms with Crippen LogP contribution in [0.15, 0.2) is 41.6 Å². The normalized spacial score (nSPS) is 12.6. The Hall–Kier alpha value is -1.80. The molecule has 0 aliphatic carbocycles. The summed E-state index contributed by atoms with van der Waals surface area (Å²) in [5.41, 5.74) is -0.582. The fourth-order valence-electron chi connectivity index (χ4n) is 1.94. The van der Waals surface area contributed by atoms with E-state index in [1.165, 1.54) is 0 Å². The molecule has 2 N–H and O–H groups in total. The molecule has 4 nitrogen and oxygen atoms in total. The third-order valence-electron chi connectivity index (χ3n) is 3.01. The third kappa shape index (κ3) is 3.45. The molecule has 0 aliphatic heterocycles. The molecular weight excluding hydrogens is 305 g/mol. The van der Waals surface area contributed by atoms with Crippen molar-refractivity contribution in [1.82, 2.24) is 9.71 Å². The number of halogens is 3. The molecule has 0 bridgehead atoms. The number of rotatable bonds is 4. The van der Waals surface area contributed by atoms with Crippen molar-refractivity contribution in [1.29, 1.82) is 0 Å². The van der Waals surface area contributed by atoms with Crippen LogP contribution in [-0.4, -0.2) is 13.4 Å². The number of alkyl halides is 3. The minimum atomic E-state index is -4.59. The molecule has 0 saturated heterocycles. The first-order chi connectivity index (χ1) is 9.72. The monoisotopic (exact) mass is 318 g/mol. The topological polar surface area (TPSA) is 62.0 Å². The van der Waals surface area contributed by atoms with E-state index < -0.39 is 21.8 Å². The Morgan fingerprint density at radius 3 is 2.52 bits per heavy atom. The maximum absolute atomic E-state index is 12.8. The molecule has 0 amide bonds. The summed E-state index contributed by atoms with van der Waals surface area (Å²) in [6, 6.07) is 4.77. The largest absolute Gasteiger partial charge is 0.416 e. The summed E-state index contributed by atoms with van der Waals surface area (Å²) in [7, 11) is -4.01. The first-order valence-corrected chi connectivity index (χ1v) is 7.48. The number of aromatic amines is 1. The molecule has 1 heterocycles. The van der Waals surface area contributed by atoms with E-state index in [2.05, 4.69) is 9.71 Å². The highest BCUT2D eigenvalue weighted by Crippen LogP contribution is 2.34. The van der Waals surface area contributed by atoms with Crippen molar-refractivity contribution in [2.75, 3.05) is 0 Å². The van der Waals surface area contributed by atoms with Crippen LogP contribution in [0.3, 0.4) is 0 Å². The van der Waals surface area contributed by atoms with Gasteiger partial charge in [0, 0.05) is 18.9 Å². The van der Waals surface area contributed by atoms with Gasteiger partial charge in [-0.1, -0.05) is 6.07 Å². The van der Waals surface area contributed by atoms with Gasteiger partial charge in [-0.05, 0) is 36.2 Å². The van der Waals surface area contributed by atoms with Gasteiger partial charge in [-0.15, -0.1) is 0 Å². The van der Waals surface area contributed by atoms with Crippen LogP contribution in [-0.2, 0) is 22.7 Å². The Bertz CT molecular complexity index is 722. The molecule has 0 spiro atoms. The number of sulfonamides is 1. The highest BCUT2D eigenvalue weighted by molar-refractivity contribution is 7.89. The first kappa shape index (κ1) is 15.6. The summed E-state index contributed by atoms with van der Waals surface area (Å²) < 4.78 is 65.0. The zero-order chi connectivity index (χ0) is 15.7. The second kappa shape index (κ2) is 5.53. The highest BCUT2D eigenvalue weighted by Gasteiger charge is 2.34. The van der Waals surface area contributed by atoms with Crippen LogP contribution in [0.1, 0.15) is 16.7 Å². The number of aromatic nitrogens is 1. The summed E-state index contributed by atoms with van der Waals surface area (Å²) >= 11 is 0. The van der Waals surface area contributed by atoms with E-state index in [0.29, 0.717) is 5.56 Å². The van der Waals surface area contributed by atoms with Gasteiger partial charge in [0.25, 0.3) is 0 Å². The average molecular weight is 318 g/mol. The van der Waals surface area contributed by atoms with Crippen molar-refractivity contribution in [3.05, 3.63) is 53.3 Å². The van der Waals surface area contributed by atoms with Crippen molar-refractivity contribution in [3.8, 4) is 0 Å². The number of hydrogen-bond donors (Lipinski definition) is 2. The van der Waals surface area contributed by atoms with Crippen LogP contribution in [0.5, 0.6) is 0 Å². The predicted octanol–water partition coefficient (Wildman–Crippen LogP) is 2.82. The fourth-order valence-corrected chi connectivity index (χ4v) is 3.22. The molecule has 114 valence electrons. The molecule has 2 aromatic rings. The quantitative estimate of drug-likeness (QED) is 0.910. The van der Waals surface area contributed by atoms with Crippen LogP contribution in [0, 0.1) is 6.92 Å². The second-order valence-electron chi connectivity index (χ2n) is 4.47. The molecule has 21 heavy (non-hydrogen) atoms. The molecule has 1 aromatic carbocycles. The molecule has 0 fully saturated rings. The lowest BCUT2D eigenvalue weighted by Gasteiger charge is -2.14. The first-order valence-electron chi connectivity index (χ1n) is 6.00. The zero-order valence-corrected chi connectivity index (χ0v) is 11.8. The minimum absolute atomic E-state index is 0.00151. The summed E-state index contributed by atoms with van der Waals surface area (Å²) in [6.07, 6.45) is -1.36. The minimum Gasteiger partial charge on any atom is -0.367 e.